The Kier molecular flexibility index (Phi) is 6.43. The zero-order chi connectivity index (χ0) is 19.3. The van der Waals surface area contributed by atoms with Gasteiger partial charge in [-0.3, -0.25) is 14.5 Å². The van der Waals surface area contributed by atoms with Gasteiger partial charge < -0.3 is 20.1 Å². The number of carbonyl (C=O) groups is 3. The number of amides is 4. The third-order valence-electron chi connectivity index (χ3n) is 3.99. The highest BCUT2D eigenvalue weighted by molar-refractivity contribution is 6.05. The number of imide groups is 1. The maximum absolute atomic E-state index is 12.5. The summed E-state index contributed by atoms with van der Waals surface area (Å²) in [5, 5.41) is 5.31. The van der Waals surface area contributed by atoms with Crippen molar-refractivity contribution in [3.05, 3.63) is 23.8 Å². The number of hydrogen-bond donors (Lipinski definition) is 2. The molecule has 4 amide bonds. The van der Waals surface area contributed by atoms with E-state index in [0.29, 0.717) is 24.0 Å². The van der Waals surface area contributed by atoms with Gasteiger partial charge in [0.1, 0.15) is 6.04 Å². The van der Waals surface area contributed by atoms with Gasteiger partial charge in [0, 0.05) is 6.54 Å². The van der Waals surface area contributed by atoms with Crippen molar-refractivity contribution in [3.63, 3.8) is 0 Å². The number of benzene rings is 1. The van der Waals surface area contributed by atoms with Crippen molar-refractivity contribution < 1.29 is 23.9 Å². The molecular weight excluding hydrogens is 338 g/mol. The fraction of sp³-hybridized carbons (Fsp3) is 0.500. The van der Waals surface area contributed by atoms with Gasteiger partial charge in [-0.05, 0) is 23.6 Å². The second-order valence-electron chi connectivity index (χ2n) is 6.52. The van der Waals surface area contributed by atoms with Gasteiger partial charge in [0.15, 0.2) is 11.5 Å². The molecule has 0 unspecified atom stereocenters. The molecule has 1 fully saturated rings. The summed E-state index contributed by atoms with van der Waals surface area (Å²) in [6.07, 6.45) is -0.0697. The van der Waals surface area contributed by atoms with E-state index in [4.69, 9.17) is 9.47 Å². The van der Waals surface area contributed by atoms with E-state index in [1.54, 1.807) is 18.2 Å². The lowest BCUT2D eigenvalue weighted by Gasteiger charge is -2.15. The monoisotopic (exact) mass is 363 g/mol. The number of nitrogens with one attached hydrogen (secondary N) is 2. The van der Waals surface area contributed by atoms with Gasteiger partial charge in [-0.15, -0.1) is 0 Å². The average Bonchev–Trinajstić information content (AvgIpc) is 2.87. The number of hydrogen-bond acceptors (Lipinski definition) is 5. The molecule has 0 spiro atoms. The molecular formula is C18H25N3O5. The zero-order valence-electron chi connectivity index (χ0n) is 15.5. The van der Waals surface area contributed by atoms with Crippen LogP contribution in [0.4, 0.5) is 4.79 Å². The SMILES string of the molecule is COc1ccc(CN2C(=O)N[C@H](CC(=O)NCC(C)C)C2=O)cc1OC. The summed E-state index contributed by atoms with van der Waals surface area (Å²) in [4.78, 5) is 37.6. The third kappa shape index (κ3) is 4.65. The first-order chi connectivity index (χ1) is 12.3. The number of urea groups is 1. The highest BCUT2D eigenvalue weighted by atomic mass is 16.5. The van der Waals surface area contributed by atoms with E-state index >= 15 is 0 Å². The standard InChI is InChI=1S/C18H25N3O5/c1-11(2)9-19-16(22)8-13-17(23)21(18(24)20-13)10-12-5-6-14(25-3)15(7-12)26-4/h5-7,11,13H,8-10H2,1-4H3,(H,19,22)(H,20,24)/t13-/m1/s1. The van der Waals surface area contributed by atoms with Crippen LogP contribution in [0, 0.1) is 5.92 Å². The molecule has 8 heteroatoms. The Morgan fingerprint density at radius 2 is 1.92 bits per heavy atom. The van der Waals surface area contributed by atoms with E-state index in [-0.39, 0.29) is 18.9 Å². The van der Waals surface area contributed by atoms with Crippen LogP contribution in [0.25, 0.3) is 0 Å². The largest absolute Gasteiger partial charge is 0.493 e. The van der Waals surface area contributed by atoms with Crippen molar-refractivity contribution in [2.45, 2.75) is 32.9 Å². The molecule has 2 N–H and O–H groups in total. The molecule has 0 aromatic heterocycles. The second kappa shape index (κ2) is 8.55. The Morgan fingerprint density at radius 3 is 2.54 bits per heavy atom. The summed E-state index contributed by atoms with van der Waals surface area (Å²) in [6.45, 7) is 4.58. The maximum Gasteiger partial charge on any atom is 0.325 e. The first kappa shape index (κ1) is 19.6. The minimum absolute atomic E-state index is 0.0697. The fourth-order valence-corrected chi connectivity index (χ4v) is 2.60. The number of rotatable bonds is 8. The molecule has 0 aliphatic carbocycles. The molecule has 1 aromatic rings. The predicted molar refractivity (Wildman–Crippen MR) is 94.9 cm³/mol. The molecule has 142 valence electrons. The van der Waals surface area contributed by atoms with Crippen molar-refractivity contribution in [2.75, 3.05) is 20.8 Å². The molecule has 1 atom stereocenters. The van der Waals surface area contributed by atoms with Crippen molar-refractivity contribution in [1.82, 2.24) is 15.5 Å². The van der Waals surface area contributed by atoms with Gasteiger partial charge in [-0.1, -0.05) is 19.9 Å². The van der Waals surface area contributed by atoms with Crippen LogP contribution in [0.3, 0.4) is 0 Å². The zero-order valence-corrected chi connectivity index (χ0v) is 15.5. The second-order valence-corrected chi connectivity index (χ2v) is 6.52. The Balaban J connectivity index is 2.01. The first-order valence-electron chi connectivity index (χ1n) is 8.45. The summed E-state index contributed by atoms with van der Waals surface area (Å²) >= 11 is 0. The van der Waals surface area contributed by atoms with E-state index in [2.05, 4.69) is 10.6 Å². The van der Waals surface area contributed by atoms with Crippen LogP contribution in [0.15, 0.2) is 18.2 Å². The van der Waals surface area contributed by atoms with Crippen LogP contribution < -0.4 is 20.1 Å². The summed E-state index contributed by atoms with van der Waals surface area (Å²) in [5.41, 5.74) is 0.719. The van der Waals surface area contributed by atoms with Crippen molar-refractivity contribution >= 4 is 17.8 Å². The number of ether oxygens (including phenoxy) is 2. The highest BCUT2D eigenvalue weighted by Gasteiger charge is 2.39. The quantitative estimate of drug-likeness (QED) is 0.679. The van der Waals surface area contributed by atoms with Crippen LogP contribution in [-0.4, -0.2) is 49.6 Å². The molecule has 1 aliphatic heterocycles. The van der Waals surface area contributed by atoms with Crippen molar-refractivity contribution in [2.24, 2.45) is 5.92 Å². The molecule has 0 saturated carbocycles. The van der Waals surface area contributed by atoms with Crippen molar-refractivity contribution in [3.8, 4) is 11.5 Å². The molecule has 0 radical (unpaired) electrons. The lowest BCUT2D eigenvalue weighted by atomic mass is 10.1. The topological polar surface area (TPSA) is 97.0 Å². The van der Waals surface area contributed by atoms with E-state index in [0.717, 1.165) is 10.5 Å². The van der Waals surface area contributed by atoms with Gasteiger partial charge in [0.2, 0.25) is 5.91 Å². The molecule has 26 heavy (non-hydrogen) atoms. The average molecular weight is 363 g/mol. The Morgan fingerprint density at radius 1 is 1.23 bits per heavy atom. The van der Waals surface area contributed by atoms with Gasteiger partial charge in [-0.25, -0.2) is 4.79 Å². The van der Waals surface area contributed by atoms with Gasteiger partial charge in [0.25, 0.3) is 5.91 Å². The Labute approximate surface area is 152 Å². The number of nitrogens with zero attached hydrogens (tertiary/aromatic N) is 1. The van der Waals surface area contributed by atoms with Gasteiger partial charge >= 0.3 is 6.03 Å². The van der Waals surface area contributed by atoms with E-state index in [1.807, 2.05) is 13.8 Å². The van der Waals surface area contributed by atoms with Gasteiger partial charge in [0.05, 0.1) is 27.2 Å². The summed E-state index contributed by atoms with van der Waals surface area (Å²) < 4.78 is 10.4. The molecule has 1 saturated heterocycles. The van der Waals surface area contributed by atoms with Crippen LogP contribution in [-0.2, 0) is 16.1 Å². The van der Waals surface area contributed by atoms with Crippen LogP contribution in [0.1, 0.15) is 25.8 Å². The van der Waals surface area contributed by atoms with Crippen LogP contribution >= 0.6 is 0 Å². The summed E-state index contributed by atoms with van der Waals surface area (Å²) in [5.74, 6) is 0.721. The maximum atomic E-state index is 12.5. The highest BCUT2D eigenvalue weighted by Crippen LogP contribution is 2.28. The first-order valence-corrected chi connectivity index (χ1v) is 8.45. The molecule has 0 bridgehead atoms. The normalized spacial score (nSPS) is 16.7. The fourth-order valence-electron chi connectivity index (χ4n) is 2.60. The van der Waals surface area contributed by atoms with E-state index in [9.17, 15) is 14.4 Å². The minimum Gasteiger partial charge on any atom is -0.493 e. The molecule has 1 heterocycles. The molecule has 1 aliphatic rings. The predicted octanol–water partition coefficient (Wildman–Crippen LogP) is 1.29. The van der Waals surface area contributed by atoms with E-state index < -0.39 is 18.0 Å². The lowest BCUT2D eigenvalue weighted by Crippen LogP contribution is -2.37. The van der Waals surface area contributed by atoms with Crippen LogP contribution in [0.5, 0.6) is 11.5 Å². The third-order valence-corrected chi connectivity index (χ3v) is 3.99. The Hall–Kier alpha value is -2.77. The Bertz CT molecular complexity index is 689. The molecule has 8 nitrogen and oxygen atoms in total. The summed E-state index contributed by atoms with van der Waals surface area (Å²) in [6, 6.07) is 3.83. The van der Waals surface area contributed by atoms with Crippen LogP contribution in [0.2, 0.25) is 0 Å². The number of carbonyl (C=O) groups excluding carboxylic acids is 3. The molecule has 1 aromatic carbocycles. The molecule has 2 rings (SSSR count). The summed E-state index contributed by atoms with van der Waals surface area (Å²) in [7, 11) is 3.05. The van der Waals surface area contributed by atoms with Crippen molar-refractivity contribution in [1.29, 1.82) is 0 Å². The van der Waals surface area contributed by atoms with E-state index in [1.165, 1.54) is 14.2 Å². The minimum atomic E-state index is -0.838. The lowest BCUT2D eigenvalue weighted by molar-refractivity contribution is -0.131. The van der Waals surface area contributed by atoms with Gasteiger partial charge in [-0.2, -0.15) is 0 Å². The smallest absolute Gasteiger partial charge is 0.325 e. The number of methoxy groups -OCH3 is 2.